The first-order valence-electron chi connectivity index (χ1n) is 9.23. The van der Waals surface area contributed by atoms with Crippen molar-refractivity contribution in [3.8, 4) is 0 Å². The van der Waals surface area contributed by atoms with Gasteiger partial charge in [-0.25, -0.2) is 0 Å². The monoisotopic (exact) mass is 354 g/mol. The van der Waals surface area contributed by atoms with Gasteiger partial charge in [0.2, 0.25) is 0 Å². The van der Waals surface area contributed by atoms with E-state index in [2.05, 4.69) is 26.9 Å². The quantitative estimate of drug-likeness (QED) is 0.840. The molecule has 0 spiro atoms. The van der Waals surface area contributed by atoms with Crippen LogP contribution in [-0.4, -0.2) is 64.1 Å². The maximum Gasteiger partial charge on any atom is 0.270 e. The van der Waals surface area contributed by atoms with E-state index >= 15 is 0 Å². The molecule has 2 fully saturated rings. The molecule has 0 N–H and O–H groups in total. The number of methoxy groups -OCH3 is 1. The number of piperidine rings is 1. The van der Waals surface area contributed by atoms with Crippen LogP contribution in [-0.2, 0) is 18.3 Å². The van der Waals surface area contributed by atoms with Crippen molar-refractivity contribution in [2.24, 2.45) is 13.0 Å². The Labute approximate surface area is 154 Å². The molecule has 2 aromatic heterocycles. The number of likely N-dealkylation sites (tertiary alicyclic amines) is 2. The lowest BCUT2D eigenvalue weighted by Gasteiger charge is -2.41. The molecule has 0 aromatic carbocycles. The van der Waals surface area contributed by atoms with Gasteiger partial charge in [0, 0.05) is 64.8 Å². The van der Waals surface area contributed by atoms with Crippen LogP contribution in [0.4, 0.5) is 0 Å². The molecule has 2 aromatic rings. The molecule has 6 heteroatoms. The number of ether oxygens (including phenoxy) is 1. The fraction of sp³-hybridized carbons (Fsp3) is 0.500. The zero-order valence-electron chi connectivity index (χ0n) is 15.4. The first-order valence-corrected chi connectivity index (χ1v) is 9.23. The van der Waals surface area contributed by atoms with Crippen LogP contribution in [0.1, 0.15) is 22.5 Å². The Kier molecular flexibility index (Phi) is 4.78. The maximum atomic E-state index is 13.1. The normalized spacial score (nSPS) is 26.1. The van der Waals surface area contributed by atoms with E-state index in [1.54, 1.807) is 7.11 Å². The molecule has 0 unspecified atom stereocenters. The molecule has 3 atom stereocenters. The number of rotatable bonds is 4. The molecule has 1 amide bonds. The first-order chi connectivity index (χ1) is 12.7. The fourth-order valence-electron chi connectivity index (χ4n) is 4.49. The minimum atomic E-state index is 0.132. The number of aryl methyl sites for hydroxylation is 1. The highest BCUT2D eigenvalue weighted by molar-refractivity contribution is 5.93. The van der Waals surface area contributed by atoms with Gasteiger partial charge in [0.05, 0.1) is 12.1 Å². The highest BCUT2D eigenvalue weighted by Crippen LogP contribution is 2.34. The summed E-state index contributed by atoms with van der Waals surface area (Å²) >= 11 is 0. The molecular weight excluding hydrogens is 328 g/mol. The van der Waals surface area contributed by atoms with Crippen molar-refractivity contribution < 1.29 is 9.53 Å². The molecular formula is C20H26N4O2. The second kappa shape index (κ2) is 7.21. The summed E-state index contributed by atoms with van der Waals surface area (Å²) < 4.78 is 7.67. The third-order valence-corrected chi connectivity index (χ3v) is 5.82. The Morgan fingerprint density at radius 1 is 1.27 bits per heavy atom. The van der Waals surface area contributed by atoms with Crippen LogP contribution in [0.5, 0.6) is 0 Å². The third-order valence-electron chi connectivity index (χ3n) is 5.82. The van der Waals surface area contributed by atoms with Crippen LogP contribution in [0.2, 0.25) is 0 Å². The molecule has 4 heterocycles. The molecule has 0 aliphatic carbocycles. The van der Waals surface area contributed by atoms with E-state index in [1.165, 1.54) is 5.56 Å². The van der Waals surface area contributed by atoms with E-state index in [1.807, 2.05) is 42.3 Å². The predicted molar refractivity (Wildman–Crippen MR) is 98.7 cm³/mol. The van der Waals surface area contributed by atoms with Crippen LogP contribution < -0.4 is 0 Å². The summed E-state index contributed by atoms with van der Waals surface area (Å²) in [4.78, 5) is 21.7. The van der Waals surface area contributed by atoms with Crippen molar-refractivity contribution >= 4 is 5.91 Å². The third kappa shape index (κ3) is 3.15. The Bertz CT molecular complexity index is 760. The molecule has 0 saturated carbocycles. The van der Waals surface area contributed by atoms with E-state index in [4.69, 9.17) is 4.74 Å². The van der Waals surface area contributed by atoms with Gasteiger partial charge in [-0.3, -0.25) is 14.7 Å². The smallest absolute Gasteiger partial charge is 0.270 e. The Balaban J connectivity index is 1.54. The molecule has 0 bridgehead atoms. The largest absolute Gasteiger partial charge is 0.381 e. The van der Waals surface area contributed by atoms with Crippen molar-refractivity contribution in [2.75, 3.05) is 26.7 Å². The maximum absolute atomic E-state index is 13.1. The van der Waals surface area contributed by atoms with Crippen molar-refractivity contribution in [1.29, 1.82) is 0 Å². The zero-order chi connectivity index (χ0) is 18.1. The van der Waals surface area contributed by atoms with E-state index in [0.717, 1.165) is 38.3 Å². The van der Waals surface area contributed by atoms with E-state index in [0.29, 0.717) is 5.92 Å². The molecule has 2 aliphatic rings. The van der Waals surface area contributed by atoms with Crippen molar-refractivity contribution in [3.63, 3.8) is 0 Å². The molecule has 138 valence electrons. The Morgan fingerprint density at radius 3 is 2.77 bits per heavy atom. The summed E-state index contributed by atoms with van der Waals surface area (Å²) in [6, 6.07) is 8.16. The molecule has 2 saturated heterocycles. The number of carbonyl (C=O) groups is 1. The topological polar surface area (TPSA) is 50.6 Å². The molecule has 2 aliphatic heterocycles. The van der Waals surface area contributed by atoms with E-state index < -0.39 is 0 Å². The van der Waals surface area contributed by atoms with Crippen molar-refractivity contribution in [3.05, 3.63) is 54.1 Å². The lowest BCUT2D eigenvalue weighted by molar-refractivity contribution is -0.0159. The molecule has 26 heavy (non-hydrogen) atoms. The number of amides is 1. The van der Waals surface area contributed by atoms with Crippen LogP contribution in [0, 0.1) is 5.92 Å². The van der Waals surface area contributed by atoms with Gasteiger partial charge in [0.25, 0.3) is 5.91 Å². The van der Waals surface area contributed by atoms with Crippen LogP contribution in [0.3, 0.4) is 0 Å². The number of nitrogens with zero attached hydrogens (tertiary/aromatic N) is 4. The lowest BCUT2D eigenvalue weighted by atomic mass is 9.88. The summed E-state index contributed by atoms with van der Waals surface area (Å²) in [6.45, 7) is 3.50. The molecule has 6 nitrogen and oxygen atoms in total. The van der Waals surface area contributed by atoms with Crippen molar-refractivity contribution in [2.45, 2.75) is 25.1 Å². The number of aromatic nitrogens is 2. The van der Waals surface area contributed by atoms with Crippen LogP contribution in [0.15, 0.2) is 42.9 Å². The summed E-state index contributed by atoms with van der Waals surface area (Å²) in [5, 5.41) is 0. The van der Waals surface area contributed by atoms with Gasteiger partial charge in [-0.2, -0.15) is 0 Å². The van der Waals surface area contributed by atoms with Gasteiger partial charge in [-0.15, -0.1) is 0 Å². The summed E-state index contributed by atoms with van der Waals surface area (Å²) in [7, 11) is 3.72. The van der Waals surface area contributed by atoms with Gasteiger partial charge in [-0.05, 0) is 36.2 Å². The highest BCUT2D eigenvalue weighted by Gasteiger charge is 2.46. The van der Waals surface area contributed by atoms with E-state index in [-0.39, 0.29) is 18.1 Å². The number of fused-ring (bicyclic) bond motifs is 1. The predicted octanol–water partition coefficient (Wildman–Crippen LogP) is 1.78. The van der Waals surface area contributed by atoms with Gasteiger partial charge < -0.3 is 14.2 Å². The standard InChI is InChI=1S/C20H26N4O2/c1-22-10-3-4-17(22)20(25)24-11-7-19(26-2)16-13-23(14-18(16)24)12-15-5-8-21-9-6-15/h3-6,8-10,16,18-19H,7,11-14H2,1-2H3/t16-,18+,19-/m0/s1. The van der Waals surface area contributed by atoms with Gasteiger partial charge in [0.1, 0.15) is 5.69 Å². The zero-order valence-corrected chi connectivity index (χ0v) is 15.4. The number of carbonyl (C=O) groups excluding carboxylic acids is 1. The Morgan fingerprint density at radius 2 is 2.08 bits per heavy atom. The number of hydrogen-bond donors (Lipinski definition) is 0. The summed E-state index contributed by atoms with van der Waals surface area (Å²) in [6.07, 6.45) is 6.72. The van der Waals surface area contributed by atoms with Gasteiger partial charge in [-0.1, -0.05) is 0 Å². The number of hydrogen-bond acceptors (Lipinski definition) is 4. The SMILES string of the molecule is CO[C@H]1CCN(C(=O)c2cccn2C)[C@@H]2CN(Cc3ccncc3)C[C@H]12. The average molecular weight is 354 g/mol. The fourth-order valence-corrected chi connectivity index (χ4v) is 4.49. The molecule has 4 rings (SSSR count). The van der Waals surface area contributed by atoms with Crippen LogP contribution >= 0.6 is 0 Å². The Hall–Kier alpha value is -2.18. The highest BCUT2D eigenvalue weighted by atomic mass is 16.5. The average Bonchev–Trinajstić information content (AvgIpc) is 3.27. The lowest BCUT2D eigenvalue weighted by Crippen LogP contribution is -2.53. The van der Waals surface area contributed by atoms with E-state index in [9.17, 15) is 4.79 Å². The van der Waals surface area contributed by atoms with Crippen molar-refractivity contribution in [1.82, 2.24) is 19.4 Å². The second-order valence-corrected chi connectivity index (χ2v) is 7.35. The van der Waals surface area contributed by atoms with Crippen LogP contribution in [0.25, 0.3) is 0 Å². The minimum Gasteiger partial charge on any atom is -0.381 e. The number of pyridine rings is 1. The molecule has 0 radical (unpaired) electrons. The van der Waals surface area contributed by atoms with Gasteiger partial charge >= 0.3 is 0 Å². The van der Waals surface area contributed by atoms with Gasteiger partial charge in [0.15, 0.2) is 0 Å². The second-order valence-electron chi connectivity index (χ2n) is 7.35. The summed E-state index contributed by atoms with van der Waals surface area (Å²) in [5.41, 5.74) is 2.01. The summed E-state index contributed by atoms with van der Waals surface area (Å²) in [5.74, 6) is 0.493. The first kappa shape index (κ1) is 17.2. The minimum absolute atomic E-state index is 0.132.